The molecule has 58 valence electrons. The molecule has 0 aliphatic carbocycles. The molecule has 1 rings (SSSR count). The van der Waals surface area contributed by atoms with Crippen LogP contribution >= 0.6 is 0 Å². The summed E-state index contributed by atoms with van der Waals surface area (Å²) in [6.07, 6.45) is 5.13. The van der Waals surface area contributed by atoms with E-state index in [1.807, 2.05) is 0 Å². The average Bonchev–Trinajstić information content (AvgIpc) is 2.03. The highest BCUT2D eigenvalue weighted by atomic mass is 16.5. The van der Waals surface area contributed by atoms with Crippen molar-refractivity contribution >= 4 is 6.29 Å². The number of hydrogen-bond acceptors (Lipinski definition) is 2. The maximum atomic E-state index is 10.0. The van der Waals surface area contributed by atoms with Crippen LogP contribution in [0.25, 0.3) is 0 Å². The minimum absolute atomic E-state index is 0.652. The normalized spacial score (nSPS) is 26.2. The maximum absolute atomic E-state index is 10.0. The van der Waals surface area contributed by atoms with E-state index in [4.69, 9.17) is 4.74 Å². The van der Waals surface area contributed by atoms with Gasteiger partial charge in [0, 0.05) is 19.6 Å². The first-order chi connectivity index (χ1) is 4.93. The van der Waals surface area contributed by atoms with Crippen molar-refractivity contribution in [1.82, 2.24) is 0 Å². The number of aldehydes is 1. The van der Waals surface area contributed by atoms with E-state index in [1.165, 1.54) is 12.8 Å². The van der Waals surface area contributed by atoms with Crippen LogP contribution in [0.5, 0.6) is 0 Å². The standard InChI is InChI=1S/C8H14O2/c9-5-1-3-8-4-2-6-10-7-8/h5,8H,1-4,6-7H2/t8-/m0/s1. The van der Waals surface area contributed by atoms with Crippen LogP contribution in [0.2, 0.25) is 0 Å². The summed E-state index contributed by atoms with van der Waals surface area (Å²) in [5, 5.41) is 0. The molecular weight excluding hydrogens is 128 g/mol. The van der Waals surface area contributed by atoms with Gasteiger partial charge in [-0.1, -0.05) is 0 Å². The third-order valence-corrected chi connectivity index (χ3v) is 1.95. The first-order valence-corrected chi connectivity index (χ1v) is 3.95. The summed E-state index contributed by atoms with van der Waals surface area (Å²) in [5.41, 5.74) is 0. The molecule has 0 amide bonds. The molecule has 2 nitrogen and oxygen atoms in total. The first kappa shape index (κ1) is 7.73. The Labute approximate surface area is 61.6 Å². The largest absolute Gasteiger partial charge is 0.381 e. The van der Waals surface area contributed by atoms with Crippen molar-refractivity contribution in [2.24, 2.45) is 5.92 Å². The lowest BCUT2D eigenvalue weighted by Crippen LogP contribution is -2.16. The Kier molecular flexibility index (Phi) is 3.44. The van der Waals surface area contributed by atoms with Crippen molar-refractivity contribution in [3.05, 3.63) is 0 Å². The molecule has 0 saturated carbocycles. The molecule has 1 saturated heterocycles. The second-order valence-corrected chi connectivity index (χ2v) is 2.83. The fraction of sp³-hybridized carbons (Fsp3) is 0.875. The fourth-order valence-corrected chi connectivity index (χ4v) is 1.34. The zero-order valence-corrected chi connectivity index (χ0v) is 6.21. The lowest BCUT2D eigenvalue weighted by molar-refractivity contribution is -0.108. The number of ether oxygens (including phenoxy) is 1. The van der Waals surface area contributed by atoms with Gasteiger partial charge in [0.05, 0.1) is 0 Å². The van der Waals surface area contributed by atoms with Crippen molar-refractivity contribution < 1.29 is 9.53 Å². The minimum atomic E-state index is 0.652. The average molecular weight is 142 g/mol. The minimum Gasteiger partial charge on any atom is -0.381 e. The number of carbonyl (C=O) groups is 1. The Balaban J connectivity index is 2.07. The van der Waals surface area contributed by atoms with Gasteiger partial charge in [-0.3, -0.25) is 0 Å². The zero-order valence-electron chi connectivity index (χ0n) is 6.21. The molecule has 1 aliphatic heterocycles. The van der Waals surface area contributed by atoms with Gasteiger partial charge in [0.2, 0.25) is 0 Å². The second kappa shape index (κ2) is 4.45. The lowest BCUT2D eigenvalue weighted by Gasteiger charge is -2.20. The SMILES string of the molecule is O=CCC[C@H]1CCCOC1. The Morgan fingerprint density at radius 1 is 1.60 bits per heavy atom. The van der Waals surface area contributed by atoms with Gasteiger partial charge < -0.3 is 9.53 Å². The van der Waals surface area contributed by atoms with Crippen molar-refractivity contribution in [2.75, 3.05) is 13.2 Å². The van der Waals surface area contributed by atoms with Crippen LogP contribution in [0.1, 0.15) is 25.7 Å². The second-order valence-electron chi connectivity index (χ2n) is 2.83. The summed E-state index contributed by atoms with van der Waals surface area (Å²) in [6.45, 7) is 1.78. The Morgan fingerprint density at radius 3 is 3.10 bits per heavy atom. The zero-order chi connectivity index (χ0) is 7.23. The van der Waals surface area contributed by atoms with Gasteiger partial charge in [-0.2, -0.15) is 0 Å². The highest BCUT2D eigenvalue weighted by Gasteiger charge is 2.12. The van der Waals surface area contributed by atoms with Crippen molar-refractivity contribution in [3.8, 4) is 0 Å². The van der Waals surface area contributed by atoms with Gasteiger partial charge in [-0.15, -0.1) is 0 Å². The van der Waals surface area contributed by atoms with Crippen LogP contribution in [0, 0.1) is 5.92 Å². The molecule has 1 atom stereocenters. The molecule has 1 fully saturated rings. The van der Waals surface area contributed by atoms with E-state index >= 15 is 0 Å². The molecule has 0 aromatic heterocycles. The van der Waals surface area contributed by atoms with E-state index < -0.39 is 0 Å². The molecule has 0 N–H and O–H groups in total. The van der Waals surface area contributed by atoms with E-state index in [0.717, 1.165) is 25.9 Å². The summed E-state index contributed by atoms with van der Waals surface area (Å²) in [4.78, 5) is 10.0. The van der Waals surface area contributed by atoms with Crippen molar-refractivity contribution in [3.63, 3.8) is 0 Å². The maximum Gasteiger partial charge on any atom is 0.120 e. The van der Waals surface area contributed by atoms with Gasteiger partial charge >= 0.3 is 0 Å². The van der Waals surface area contributed by atoms with E-state index in [9.17, 15) is 4.79 Å². The molecule has 0 aromatic carbocycles. The van der Waals surface area contributed by atoms with E-state index in [0.29, 0.717) is 12.3 Å². The van der Waals surface area contributed by atoms with E-state index in [-0.39, 0.29) is 0 Å². The third-order valence-electron chi connectivity index (χ3n) is 1.95. The summed E-state index contributed by atoms with van der Waals surface area (Å²) in [7, 11) is 0. The summed E-state index contributed by atoms with van der Waals surface area (Å²) < 4.78 is 5.26. The van der Waals surface area contributed by atoms with E-state index in [1.54, 1.807) is 0 Å². The van der Waals surface area contributed by atoms with E-state index in [2.05, 4.69) is 0 Å². The topological polar surface area (TPSA) is 26.3 Å². The van der Waals surface area contributed by atoms with Crippen molar-refractivity contribution in [2.45, 2.75) is 25.7 Å². The smallest absolute Gasteiger partial charge is 0.120 e. The van der Waals surface area contributed by atoms with Crippen LogP contribution in [-0.2, 0) is 9.53 Å². The number of carbonyl (C=O) groups excluding carboxylic acids is 1. The van der Waals surface area contributed by atoms with Crippen molar-refractivity contribution in [1.29, 1.82) is 0 Å². The first-order valence-electron chi connectivity index (χ1n) is 3.95. The third kappa shape index (κ3) is 2.48. The molecule has 0 bridgehead atoms. The van der Waals surface area contributed by atoms with Gasteiger partial charge in [0.1, 0.15) is 6.29 Å². The quantitative estimate of drug-likeness (QED) is 0.557. The van der Waals surface area contributed by atoms with Crippen LogP contribution < -0.4 is 0 Å². The van der Waals surface area contributed by atoms with Gasteiger partial charge in [0.25, 0.3) is 0 Å². The number of hydrogen-bond donors (Lipinski definition) is 0. The highest BCUT2D eigenvalue weighted by molar-refractivity contribution is 5.49. The molecule has 0 aromatic rings. The highest BCUT2D eigenvalue weighted by Crippen LogP contribution is 2.17. The molecular formula is C8H14O2. The van der Waals surface area contributed by atoms with Crippen LogP contribution in [0.15, 0.2) is 0 Å². The summed E-state index contributed by atoms with van der Waals surface area (Å²) >= 11 is 0. The fourth-order valence-electron chi connectivity index (χ4n) is 1.34. The molecule has 0 radical (unpaired) electrons. The molecule has 1 aliphatic rings. The Hall–Kier alpha value is -0.370. The van der Waals surface area contributed by atoms with Gasteiger partial charge in [-0.25, -0.2) is 0 Å². The number of rotatable bonds is 3. The molecule has 1 heterocycles. The molecule has 0 unspecified atom stereocenters. The van der Waals surface area contributed by atoms with Crippen LogP contribution in [-0.4, -0.2) is 19.5 Å². The van der Waals surface area contributed by atoms with Gasteiger partial charge in [0.15, 0.2) is 0 Å². The Morgan fingerprint density at radius 2 is 2.50 bits per heavy atom. The Bertz CT molecular complexity index is 95.4. The molecule has 10 heavy (non-hydrogen) atoms. The van der Waals surface area contributed by atoms with Crippen LogP contribution in [0.4, 0.5) is 0 Å². The predicted octanol–water partition coefficient (Wildman–Crippen LogP) is 1.39. The summed E-state index contributed by atoms with van der Waals surface area (Å²) in [5.74, 6) is 0.652. The lowest BCUT2D eigenvalue weighted by atomic mass is 9.97. The molecule has 0 spiro atoms. The van der Waals surface area contributed by atoms with Gasteiger partial charge in [-0.05, 0) is 25.2 Å². The monoisotopic (exact) mass is 142 g/mol. The van der Waals surface area contributed by atoms with Crippen LogP contribution in [0.3, 0.4) is 0 Å². The molecule has 2 heteroatoms. The summed E-state index contributed by atoms with van der Waals surface area (Å²) in [6, 6.07) is 0. The predicted molar refractivity (Wildman–Crippen MR) is 38.8 cm³/mol.